The first-order valence-corrected chi connectivity index (χ1v) is 29.1. The minimum absolute atomic E-state index is 0.0190. The van der Waals surface area contributed by atoms with Gasteiger partial charge in [0, 0.05) is 17.6 Å². The molecule has 3 heterocycles. The normalized spacial score (nSPS) is 17.7. The van der Waals surface area contributed by atoms with Crippen LogP contribution in [0.25, 0.3) is 11.2 Å². The van der Waals surface area contributed by atoms with E-state index in [0.29, 0.717) is 28.2 Å². The van der Waals surface area contributed by atoms with Crippen molar-refractivity contribution in [3.05, 3.63) is 144 Å². The zero-order valence-corrected chi connectivity index (χ0v) is 47.3. The van der Waals surface area contributed by atoms with E-state index in [1.807, 2.05) is 72.8 Å². The highest BCUT2D eigenvalue weighted by Gasteiger charge is 2.54. The van der Waals surface area contributed by atoms with Crippen molar-refractivity contribution in [1.82, 2.24) is 24.2 Å². The van der Waals surface area contributed by atoms with Crippen LogP contribution in [0.15, 0.2) is 122 Å². The fourth-order valence-electron chi connectivity index (χ4n) is 10.7. The fourth-order valence-corrected chi connectivity index (χ4v) is 17.6. The maximum absolute atomic E-state index is 13.6. The summed E-state index contributed by atoms with van der Waals surface area (Å²) in [5.41, 5.74) is 3.10. The molecule has 2 aromatic heterocycles. The van der Waals surface area contributed by atoms with E-state index in [-0.39, 0.29) is 66.9 Å². The molecule has 16 nitrogen and oxygen atoms in total. The van der Waals surface area contributed by atoms with Crippen molar-refractivity contribution in [3.8, 4) is 17.6 Å². The van der Waals surface area contributed by atoms with Crippen LogP contribution >= 0.6 is 8.53 Å². The lowest BCUT2D eigenvalue weighted by Crippen LogP contribution is -2.50. The van der Waals surface area contributed by atoms with Crippen LogP contribution in [0.4, 0.5) is 5.82 Å². The number of ether oxygens (including phenoxy) is 5. The monoisotopic (exact) mass is 1060 g/mol. The fraction of sp³-hybridized carbons (Fsp3) is 0.456. The van der Waals surface area contributed by atoms with Crippen molar-refractivity contribution in [1.29, 1.82) is 5.26 Å². The molecule has 1 amide bonds. The number of nitriles is 1. The Bertz CT molecular complexity index is 2700. The van der Waals surface area contributed by atoms with Crippen molar-refractivity contribution >= 4 is 39.7 Å². The number of aromatic nitrogens is 4. The highest BCUT2D eigenvalue weighted by Crippen LogP contribution is 2.51. The minimum atomic E-state index is -2.50. The summed E-state index contributed by atoms with van der Waals surface area (Å²) in [5, 5.41) is 12.5. The molecule has 0 radical (unpaired) electrons. The summed E-state index contributed by atoms with van der Waals surface area (Å²) >= 11 is 0. The molecular formula is C57H74N7O9PSi. The van der Waals surface area contributed by atoms with Gasteiger partial charge in [-0.15, -0.1) is 0 Å². The zero-order chi connectivity index (χ0) is 53.9. The van der Waals surface area contributed by atoms with Crippen LogP contribution in [0.1, 0.15) is 109 Å². The van der Waals surface area contributed by atoms with Crippen LogP contribution in [0, 0.1) is 11.3 Å². The predicted octanol–water partition coefficient (Wildman–Crippen LogP) is 12.2. The molecule has 0 spiro atoms. The number of amides is 1. The summed E-state index contributed by atoms with van der Waals surface area (Å²) < 4.78 is 58.7. The number of anilines is 1. The lowest BCUT2D eigenvalue weighted by molar-refractivity contribution is -0.147. The quantitative estimate of drug-likeness (QED) is 0.0179. The molecule has 7 rings (SSSR count). The van der Waals surface area contributed by atoms with Crippen molar-refractivity contribution < 1.29 is 42.0 Å². The van der Waals surface area contributed by atoms with Gasteiger partial charge in [0.25, 0.3) is 14.4 Å². The van der Waals surface area contributed by atoms with Gasteiger partial charge in [0.2, 0.25) is 8.32 Å². The minimum Gasteiger partial charge on any atom is -0.497 e. The Labute approximate surface area is 445 Å². The lowest BCUT2D eigenvalue weighted by atomic mass is 9.79. The molecule has 1 aliphatic rings. The van der Waals surface area contributed by atoms with E-state index in [9.17, 15) is 10.1 Å². The first-order valence-electron chi connectivity index (χ1n) is 25.8. The van der Waals surface area contributed by atoms with Crippen molar-refractivity contribution in [2.75, 3.05) is 39.5 Å². The third kappa shape index (κ3) is 12.5. The number of imidazole rings is 1. The molecule has 4 aromatic carbocycles. The average molecular weight is 1060 g/mol. The Morgan fingerprint density at radius 3 is 1.85 bits per heavy atom. The molecule has 75 heavy (non-hydrogen) atoms. The molecule has 1 aliphatic heterocycles. The predicted molar refractivity (Wildman–Crippen MR) is 294 cm³/mol. The lowest BCUT2D eigenvalue weighted by Gasteiger charge is -2.43. The van der Waals surface area contributed by atoms with Crippen LogP contribution in [0.3, 0.4) is 0 Å². The third-order valence-corrected chi connectivity index (χ3v) is 22.1. The molecule has 1 saturated heterocycles. The number of fused-ring (bicyclic) bond motifs is 1. The summed E-state index contributed by atoms with van der Waals surface area (Å²) in [6, 6.07) is 37.0. The van der Waals surface area contributed by atoms with Gasteiger partial charge in [-0.05, 0) is 97.4 Å². The Balaban J connectivity index is 1.44. The summed E-state index contributed by atoms with van der Waals surface area (Å²) in [4.78, 5) is 27.6. The van der Waals surface area contributed by atoms with Gasteiger partial charge in [-0.25, -0.2) is 19.6 Å². The number of nitrogens with one attached hydrogen (secondary N) is 1. The average Bonchev–Trinajstić information content (AvgIpc) is 4.01. The van der Waals surface area contributed by atoms with Gasteiger partial charge >= 0.3 is 0 Å². The van der Waals surface area contributed by atoms with E-state index < -0.39 is 47.0 Å². The SMILES string of the molecule is COc1ccc(C(O[C@H]2[C@@H](OCO[Si](C(C)C)(C(C)C)C(C)C)[C@H](n3cnc4c(NC(=O)c5ccccc5)ncnc43)O[C@@H]2COP(OCCC#N)N(C(C)C)C(C)C)(c2ccccc2)c2ccc(OC)cc2)cc1. The molecule has 0 aliphatic carbocycles. The number of hydrogen-bond donors (Lipinski definition) is 1. The highest BCUT2D eigenvalue weighted by atomic mass is 31.2. The van der Waals surface area contributed by atoms with Crippen molar-refractivity contribution in [2.45, 2.75) is 135 Å². The number of hydrogen-bond acceptors (Lipinski definition) is 14. The van der Waals surface area contributed by atoms with E-state index in [2.05, 4.69) is 102 Å². The van der Waals surface area contributed by atoms with Gasteiger partial charge in [-0.3, -0.25) is 9.36 Å². The Morgan fingerprint density at radius 1 is 0.760 bits per heavy atom. The van der Waals surface area contributed by atoms with E-state index in [1.165, 1.54) is 6.33 Å². The van der Waals surface area contributed by atoms with Crippen LogP contribution in [0.2, 0.25) is 16.6 Å². The highest BCUT2D eigenvalue weighted by molar-refractivity contribution is 7.44. The van der Waals surface area contributed by atoms with Gasteiger partial charge in [0.05, 0.1) is 46.3 Å². The molecular weight excluding hydrogens is 986 g/mol. The van der Waals surface area contributed by atoms with Gasteiger partial charge in [0.1, 0.15) is 48.5 Å². The molecule has 400 valence electrons. The number of carbonyl (C=O) groups excluding carboxylic acids is 1. The molecule has 1 unspecified atom stereocenters. The first kappa shape index (κ1) is 57.1. The summed E-state index contributed by atoms with van der Waals surface area (Å²) in [6.45, 7) is 21.9. The maximum Gasteiger partial charge on any atom is 0.259 e. The second-order valence-electron chi connectivity index (χ2n) is 20.1. The van der Waals surface area contributed by atoms with Crippen LogP contribution in [-0.2, 0) is 33.3 Å². The van der Waals surface area contributed by atoms with Gasteiger partial charge in [-0.2, -0.15) is 5.26 Å². The van der Waals surface area contributed by atoms with Crippen LogP contribution in [-0.4, -0.2) is 103 Å². The van der Waals surface area contributed by atoms with Crippen LogP contribution in [0.5, 0.6) is 11.5 Å². The number of benzene rings is 4. The number of nitrogens with zero attached hydrogens (tertiary/aromatic N) is 6. The van der Waals surface area contributed by atoms with Crippen molar-refractivity contribution in [3.63, 3.8) is 0 Å². The Hall–Kier alpha value is -5.64. The van der Waals surface area contributed by atoms with Gasteiger partial charge in [-0.1, -0.05) is 114 Å². The number of rotatable bonds is 26. The summed E-state index contributed by atoms with van der Waals surface area (Å²) in [7, 11) is -0.948. The number of carbonyl (C=O) groups is 1. The molecule has 0 bridgehead atoms. The third-order valence-electron chi connectivity index (χ3n) is 14.0. The van der Waals surface area contributed by atoms with Crippen molar-refractivity contribution in [2.24, 2.45) is 0 Å². The molecule has 18 heteroatoms. The second kappa shape index (κ2) is 25.9. The molecule has 5 atom stereocenters. The van der Waals surface area contributed by atoms with E-state index in [0.717, 1.165) is 16.7 Å². The maximum atomic E-state index is 13.6. The topological polar surface area (TPSA) is 174 Å². The summed E-state index contributed by atoms with van der Waals surface area (Å²) in [6.07, 6.45) is -0.471. The Morgan fingerprint density at radius 2 is 1.32 bits per heavy atom. The van der Waals surface area contributed by atoms with E-state index in [4.69, 9.17) is 47.1 Å². The van der Waals surface area contributed by atoms with Gasteiger partial charge < -0.3 is 42.5 Å². The molecule has 6 aromatic rings. The zero-order valence-electron chi connectivity index (χ0n) is 45.4. The second-order valence-corrected chi connectivity index (χ2v) is 27.0. The molecule has 0 saturated carbocycles. The smallest absolute Gasteiger partial charge is 0.259 e. The number of methoxy groups -OCH3 is 2. The Kier molecular flexibility index (Phi) is 19.7. The first-order chi connectivity index (χ1) is 36.1. The van der Waals surface area contributed by atoms with E-state index in [1.54, 1.807) is 49.4 Å². The molecule has 1 N–H and O–H groups in total. The molecule has 1 fully saturated rings. The van der Waals surface area contributed by atoms with Crippen LogP contribution < -0.4 is 14.8 Å². The standard InChI is InChI=1S/C57H74N7O9PSi/c1-38(2)64(39(3)4)74(69-33-19-32-58)70-34-49-51(73-57(44-22-17-14-18-23-44,45-24-28-47(66-11)29-25-45)46-26-30-48(67-12)31-27-46)52(68-37-71-75(40(5)6,41(7)8)42(9)10)56(72-49)63-36-61-50-53(59-35-60-54(50)63)62-55(65)43-20-15-13-16-21-43/h13-18,20-31,35-36,38-42,49,51-52,56H,19,33-34,37H2,1-12H3,(H,59,60,62,65)/t49-,51-,52-,56-,74?/m1/s1. The summed E-state index contributed by atoms with van der Waals surface area (Å²) in [5.74, 6) is 1.23. The largest absolute Gasteiger partial charge is 0.497 e. The van der Waals surface area contributed by atoms with Gasteiger partial charge in [0.15, 0.2) is 23.2 Å². The van der Waals surface area contributed by atoms with E-state index >= 15 is 0 Å².